The number of hydrogen-bond donors (Lipinski definition) is 1. The fourth-order valence-corrected chi connectivity index (χ4v) is 2.03. The monoisotopic (exact) mass is 289 g/mol. The van der Waals surface area contributed by atoms with Gasteiger partial charge in [-0.1, -0.05) is 17.7 Å². The molecule has 7 heteroatoms. The molecule has 0 bridgehead atoms. The average Bonchev–Trinajstić information content (AvgIpc) is 2.38. The summed E-state index contributed by atoms with van der Waals surface area (Å²) < 4.78 is 0. The number of benzene rings is 1. The number of halogens is 1. The topological polar surface area (TPSA) is 99.8 Å². The van der Waals surface area contributed by atoms with Crippen molar-refractivity contribution in [3.8, 4) is 17.2 Å². The van der Waals surface area contributed by atoms with Gasteiger partial charge < -0.3 is 4.98 Å². The van der Waals surface area contributed by atoms with Crippen LogP contribution in [0, 0.1) is 28.4 Å². The molecule has 0 spiro atoms. The minimum atomic E-state index is -0.613. The lowest BCUT2D eigenvalue weighted by atomic mass is 10.0. The van der Waals surface area contributed by atoms with Gasteiger partial charge in [0.05, 0.1) is 4.92 Å². The first-order valence-corrected chi connectivity index (χ1v) is 5.90. The molecule has 0 radical (unpaired) electrons. The maximum atomic E-state index is 11.7. The molecular weight excluding hydrogens is 282 g/mol. The van der Waals surface area contributed by atoms with E-state index in [1.165, 1.54) is 18.2 Å². The quantitative estimate of drug-likeness (QED) is 0.678. The number of nitro benzene ring substituents is 1. The van der Waals surface area contributed by atoms with Crippen LogP contribution in [0.3, 0.4) is 0 Å². The molecule has 1 heterocycles. The number of pyridine rings is 1. The van der Waals surface area contributed by atoms with E-state index in [9.17, 15) is 14.9 Å². The number of aryl methyl sites for hydroxylation is 1. The summed E-state index contributed by atoms with van der Waals surface area (Å²) in [5.74, 6) is 0. The lowest BCUT2D eigenvalue weighted by molar-refractivity contribution is -0.384. The summed E-state index contributed by atoms with van der Waals surface area (Å²) in [5, 5.41) is 19.9. The highest BCUT2D eigenvalue weighted by molar-refractivity contribution is 6.32. The number of nitrogens with zero attached hydrogens (tertiary/aromatic N) is 2. The second kappa shape index (κ2) is 5.15. The molecule has 1 aromatic carbocycles. The van der Waals surface area contributed by atoms with Crippen molar-refractivity contribution in [1.29, 1.82) is 5.26 Å². The fourth-order valence-electron chi connectivity index (χ4n) is 1.85. The Kier molecular flexibility index (Phi) is 3.55. The van der Waals surface area contributed by atoms with E-state index >= 15 is 0 Å². The Morgan fingerprint density at radius 3 is 2.70 bits per heavy atom. The number of aromatic amines is 1. The zero-order valence-electron chi connectivity index (χ0n) is 10.3. The average molecular weight is 290 g/mol. The first-order valence-electron chi connectivity index (χ1n) is 5.52. The van der Waals surface area contributed by atoms with Crippen LogP contribution in [0.15, 0.2) is 29.1 Å². The van der Waals surface area contributed by atoms with E-state index in [-0.39, 0.29) is 16.3 Å². The second-order valence-electron chi connectivity index (χ2n) is 4.11. The molecule has 100 valence electrons. The zero-order valence-corrected chi connectivity index (χ0v) is 11.1. The van der Waals surface area contributed by atoms with Crippen molar-refractivity contribution in [2.75, 3.05) is 0 Å². The summed E-state index contributed by atoms with van der Waals surface area (Å²) in [5.41, 5.74) is 0.403. The minimum Gasteiger partial charge on any atom is -0.325 e. The largest absolute Gasteiger partial charge is 0.325 e. The summed E-state index contributed by atoms with van der Waals surface area (Å²) in [4.78, 5) is 24.5. The Morgan fingerprint density at radius 1 is 1.40 bits per heavy atom. The molecule has 2 aromatic rings. The molecule has 0 aliphatic heterocycles. The van der Waals surface area contributed by atoms with E-state index in [0.717, 1.165) is 0 Å². The molecule has 0 fully saturated rings. The number of H-pyrrole nitrogens is 1. The van der Waals surface area contributed by atoms with E-state index in [2.05, 4.69) is 4.98 Å². The van der Waals surface area contributed by atoms with Gasteiger partial charge in [-0.2, -0.15) is 5.26 Å². The van der Waals surface area contributed by atoms with E-state index in [1.54, 1.807) is 19.1 Å². The van der Waals surface area contributed by atoms with Crippen molar-refractivity contribution < 1.29 is 4.92 Å². The molecule has 1 aromatic heterocycles. The molecule has 0 saturated heterocycles. The van der Waals surface area contributed by atoms with Gasteiger partial charge in [0, 0.05) is 17.3 Å². The van der Waals surface area contributed by atoms with Crippen molar-refractivity contribution in [3.63, 3.8) is 0 Å². The number of hydrogen-bond acceptors (Lipinski definition) is 4. The zero-order chi connectivity index (χ0) is 14.9. The van der Waals surface area contributed by atoms with Gasteiger partial charge in [-0.05, 0) is 24.6 Å². The first kappa shape index (κ1) is 13.8. The second-order valence-corrected chi connectivity index (χ2v) is 4.51. The van der Waals surface area contributed by atoms with Crippen molar-refractivity contribution >= 4 is 17.3 Å². The van der Waals surface area contributed by atoms with E-state index < -0.39 is 10.5 Å². The van der Waals surface area contributed by atoms with Crippen molar-refractivity contribution in [1.82, 2.24) is 4.98 Å². The summed E-state index contributed by atoms with van der Waals surface area (Å²) in [6.45, 7) is 1.66. The summed E-state index contributed by atoms with van der Waals surface area (Å²) >= 11 is 5.74. The molecule has 0 amide bonds. The number of nitro groups is 1. The van der Waals surface area contributed by atoms with Gasteiger partial charge in [-0.15, -0.1) is 0 Å². The summed E-state index contributed by atoms with van der Waals surface area (Å²) in [7, 11) is 0. The van der Waals surface area contributed by atoms with Crippen LogP contribution in [0.5, 0.6) is 0 Å². The number of rotatable bonds is 2. The van der Waals surface area contributed by atoms with E-state index in [4.69, 9.17) is 16.9 Å². The van der Waals surface area contributed by atoms with Crippen LogP contribution in [0.2, 0.25) is 5.02 Å². The van der Waals surface area contributed by atoms with Gasteiger partial charge in [0.2, 0.25) is 0 Å². The van der Waals surface area contributed by atoms with Gasteiger partial charge in [0.15, 0.2) is 0 Å². The molecule has 1 N–H and O–H groups in total. The number of nitrogens with one attached hydrogen (secondary N) is 1. The Balaban J connectivity index is 2.76. The lowest BCUT2D eigenvalue weighted by Crippen LogP contribution is -2.12. The molecule has 0 aliphatic carbocycles. The normalized spacial score (nSPS) is 10.1. The Bertz CT molecular complexity index is 805. The van der Waals surface area contributed by atoms with E-state index in [1.807, 2.05) is 0 Å². The van der Waals surface area contributed by atoms with Crippen LogP contribution < -0.4 is 5.56 Å². The van der Waals surface area contributed by atoms with Gasteiger partial charge in [-0.3, -0.25) is 14.9 Å². The van der Waals surface area contributed by atoms with Crippen molar-refractivity contribution in [3.05, 3.63) is 61.0 Å². The molecule has 6 nitrogen and oxygen atoms in total. The summed E-state index contributed by atoms with van der Waals surface area (Å²) in [6, 6.07) is 7.54. The molecular formula is C13H8ClN3O3. The maximum Gasteiger partial charge on any atom is 0.288 e. The highest BCUT2D eigenvalue weighted by Gasteiger charge is 2.16. The Labute approximate surface area is 118 Å². The number of nitriles is 1. The van der Waals surface area contributed by atoms with Crippen molar-refractivity contribution in [2.45, 2.75) is 6.92 Å². The molecule has 2 rings (SSSR count). The first-order chi connectivity index (χ1) is 9.43. The third-order valence-corrected chi connectivity index (χ3v) is 3.05. The predicted molar refractivity (Wildman–Crippen MR) is 73.6 cm³/mol. The standard InChI is InChI=1S/C13H8ClN3O3/c1-7-4-9(10(6-15)13(18)16-7)8-2-3-11(14)12(5-8)17(19)20/h2-5H,1H3,(H,16,18). The highest BCUT2D eigenvalue weighted by Crippen LogP contribution is 2.31. The van der Waals surface area contributed by atoms with E-state index in [0.29, 0.717) is 16.8 Å². The third kappa shape index (κ3) is 2.39. The smallest absolute Gasteiger partial charge is 0.288 e. The maximum absolute atomic E-state index is 11.7. The Morgan fingerprint density at radius 2 is 2.10 bits per heavy atom. The highest BCUT2D eigenvalue weighted by atomic mass is 35.5. The minimum absolute atomic E-state index is 0.00109. The predicted octanol–water partition coefficient (Wildman–Crippen LogP) is 2.78. The molecule has 0 aliphatic rings. The van der Waals surface area contributed by atoms with Crippen LogP contribution >= 0.6 is 11.6 Å². The SMILES string of the molecule is Cc1cc(-c2ccc(Cl)c([N+](=O)[O-])c2)c(C#N)c(=O)[nH]1. The third-order valence-electron chi connectivity index (χ3n) is 2.73. The molecule has 20 heavy (non-hydrogen) atoms. The van der Waals surface area contributed by atoms with Crippen LogP contribution in [0.1, 0.15) is 11.3 Å². The fraction of sp³-hybridized carbons (Fsp3) is 0.0769. The van der Waals surface area contributed by atoms with Crippen LogP contribution in [0.4, 0.5) is 5.69 Å². The van der Waals surface area contributed by atoms with Gasteiger partial charge in [-0.25, -0.2) is 0 Å². The van der Waals surface area contributed by atoms with Gasteiger partial charge >= 0.3 is 0 Å². The molecule has 0 atom stereocenters. The van der Waals surface area contributed by atoms with Gasteiger partial charge in [0.1, 0.15) is 16.7 Å². The van der Waals surface area contributed by atoms with Crippen molar-refractivity contribution in [2.24, 2.45) is 0 Å². The molecule has 0 unspecified atom stereocenters. The van der Waals surface area contributed by atoms with Crippen LogP contribution in [-0.2, 0) is 0 Å². The Hall–Kier alpha value is -2.65. The number of aromatic nitrogens is 1. The molecule has 0 saturated carbocycles. The summed E-state index contributed by atoms with van der Waals surface area (Å²) in [6.07, 6.45) is 0. The lowest BCUT2D eigenvalue weighted by Gasteiger charge is -2.06. The van der Waals surface area contributed by atoms with Gasteiger partial charge in [0.25, 0.3) is 11.2 Å². The van der Waals surface area contributed by atoms with Crippen LogP contribution in [0.25, 0.3) is 11.1 Å². The van der Waals surface area contributed by atoms with Crippen LogP contribution in [-0.4, -0.2) is 9.91 Å².